The van der Waals surface area contributed by atoms with Crippen LogP contribution in [0.4, 0.5) is 0 Å². The zero-order valence-corrected chi connectivity index (χ0v) is 19.6. The molecule has 0 saturated heterocycles. The van der Waals surface area contributed by atoms with Crippen LogP contribution in [0.15, 0.2) is 66.7 Å². The van der Waals surface area contributed by atoms with Crippen LogP contribution >= 0.6 is 0 Å². The first-order valence-electron chi connectivity index (χ1n) is 11.2. The standard InChI is InChI=1S/C27H31N3O4/c1-19-23(9-6-10-25(19)21-7-4-3-5-8-21)17-33-24-12-11-22(16-29-13-14-30-20(2)31)26(15-24)34-18-27(28)32/h3-12,15,29H,13-14,16-18H2,1-2H3,(H2,28,32)(H,30,31). The van der Waals surface area contributed by atoms with Gasteiger partial charge in [0.15, 0.2) is 6.61 Å². The van der Waals surface area contributed by atoms with Crippen LogP contribution in [-0.2, 0) is 22.7 Å². The molecule has 0 unspecified atom stereocenters. The summed E-state index contributed by atoms with van der Waals surface area (Å²) < 4.78 is 11.7. The summed E-state index contributed by atoms with van der Waals surface area (Å²) in [7, 11) is 0. The number of nitrogens with two attached hydrogens (primary N) is 1. The Balaban J connectivity index is 1.69. The summed E-state index contributed by atoms with van der Waals surface area (Å²) in [5, 5.41) is 5.97. The van der Waals surface area contributed by atoms with E-state index in [0.717, 1.165) is 11.1 Å². The molecule has 4 N–H and O–H groups in total. The molecule has 0 aliphatic carbocycles. The molecule has 0 bridgehead atoms. The maximum atomic E-state index is 11.2. The van der Waals surface area contributed by atoms with Crippen molar-refractivity contribution in [1.82, 2.24) is 10.6 Å². The maximum absolute atomic E-state index is 11.2. The van der Waals surface area contributed by atoms with Gasteiger partial charge in [-0.2, -0.15) is 0 Å². The van der Waals surface area contributed by atoms with E-state index in [-0.39, 0.29) is 12.5 Å². The average Bonchev–Trinajstić information content (AvgIpc) is 2.83. The highest BCUT2D eigenvalue weighted by Crippen LogP contribution is 2.28. The van der Waals surface area contributed by atoms with Crippen molar-refractivity contribution in [3.05, 3.63) is 83.4 Å². The number of carbonyl (C=O) groups is 2. The lowest BCUT2D eigenvalue weighted by Gasteiger charge is -2.15. The van der Waals surface area contributed by atoms with Gasteiger partial charge in [-0.3, -0.25) is 9.59 Å². The largest absolute Gasteiger partial charge is 0.489 e. The van der Waals surface area contributed by atoms with Gasteiger partial charge in [-0.25, -0.2) is 0 Å². The lowest BCUT2D eigenvalue weighted by Crippen LogP contribution is -2.30. The van der Waals surface area contributed by atoms with E-state index in [0.29, 0.717) is 37.7 Å². The van der Waals surface area contributed by atoms with Crippen molar-refractivity contribution in [2.75, 3.05) is 19.7 Å². The van der Waals surface area contributed by atoms with Crippen molar-refractivity contribution < 1.29 is 19.1 Å². The summed E-state index contributed by atoms with van der Waals surface area (Å²) in [6, 6.07) is 22.0. The van der Waals surface area contributed by atoms with E-state index < -0.39 is 5.91 Å². The number of hydrogen-bond donors (Lipinski definition) is 3. The Morgan fingerprint density at radius 1 is 0.912 bits per heavy atom. The predicted octanol–water partition coefficient (Wildman–Crippen LogP) is 3.33. The minimum atomic E-state index is -0.552. The van der Waals surface area contributed by atoms with Crippen LogP contribution in [0.3, 0.4) is 0 Å². The average molecular weight is 462 g/mol. The van der Waals surface area contributed by atoms with Crippen LogP contribution in [0.5, 0.6) is 11.5 Å². The Labute approximate surface area is 200 Å². The van der Waals surface area contributed by atoms with Gasteiger partial charge in [0.25, 0.3) is 5.91 Å². The smallest absolute Gasteiger partial charge is 0.255 e. The first kappa shape index (κ1) is 24.8. The zero-order chi connectivity index (χ0) is 24.3. The van der Waals surface area contributed by atoms with Crippen LogP contribution in [0.1, 0.15) is 23.6 Å². The van der Waals surface area contributed by atoms with Crippen molar-refractivity contribution in [2.45, 2.75) is 27.0 Å². The highest BCUT2D eigenvalue weighted by atomic mass is 16.5. The third kappa shape index (κ3) is 7.35. The monoisotopic (exact) mass is 461 g/mol. The van der Waals surface area contributed by atoms with E-state index in [1.165, 1.54) is 23.6 Å². The fourth-order valence-electron chi connectivity index (χ4n) is 3.54. The molecule has 3 aromatic rings. The summed E-state index contributed by atoms with van der Waals surface area (Å²) >= 11 is 0. The summed E-state index contributed by atoms with van der Waals surface area (Å²) in [4.78, 5) is 22.2. The number of benzene rings is 3. The molecule has 0 atom stereocenters. The Morgan fingerprint density at radius 2 is 1.71 bits per heavy atom. The van der Waals surface area contributed by atoms with Crippen molar-refractivity contribution in [3.63, 3.8) is 0 Å². The van der Waals surface area contributed by atoms with Crippen LogP contribution in [0.25, 0.3) is 11.1 Å². The molecule has 7 nitrogen and oxygen atoms in total. The van der Waals surface area contributed by atoms with Gasteiger partial charge in [0.05, 0.1) is 0 Å². The number of carbonyl (C=O) groups excluding carboxylic acids is 2. The topological polar surface area (TPSA) is 103 Å². The minimum Gasteiger partial charge on any atom is -0.489 e. The van der Waals surface area contributed by atoms with Gasteiger partial charge >= 0.3 is 0 Å². The van der Waals surface area contributed by atoms with Crippen molar-refractivity contribution in [2.24, 2.45) is 5.73 Å². The van der Waals surface area contributed by atoms with Gasteiger partial charge < -0.3 is 25.8 Å². The van der Waals surface area contributed by atoms with Crippen LogP contribution in [-0.4, -0.2) is 31.5 Å². The summed E-state index contributed by atoms with van der Waals surface area (Å²) in [6.45, 7) is 5.38. The van der Waals surface area contributed by atoms with Gasteiger partial charge in [0.1, 0.15) is 18.1 Å². The number of nitrogens with one attached hydrogen (secondary N) is 2. The van der Waals surface area contributed by atoms with Crippen LogP contribution in [0.2, 0.25) is 0 Å². The second-order valence-electron chi connectivity index (χ2n) is 7.93. The van der Waals surface area contributed by atoms with Crippen molar-refractivity contribution in [1.29, 1.82) is 0 Å². The molecular weight excluding hydrogens is 430 g/mol. The number of rotatable bonds is 12. The molecule has 34 heavy (non-hydrogen) atoms. The number of primary amides is 1. The molecule has 7 heteroatoms. The molecule has 2 amide bonds. The third-order valence-corrected chi connectivity index (χ3v) is 5.32. The molecule has 0 heterocycles. The zero-order valence-electron chi connectivity index (χ0n) is 19.6. The summed E-state index contributed by atoms with van der Waals surface area (Å²) in [5.74, 6) is 0.534. The van der Waals surface area contributed by atoms with E-state index in [9.17, 15) is 9.59 Å². The summed E-state index contributed by atoms with van der Waals surface area (Å²) in [5.41, 5.74) is 10.7. The molecule has 3 aromatic carbocycles. The second kappa shape index (κ2) is 12.4. The third-order valence-electron chi connectivity index (χ3n) is 5.32. The molecule has 0 aliphatic heterocycles. The molecular formula is C27H31N3O4. The first-order chi connectivity index (χ1) is 16.4. The van der Waals surface area contributed by atoms with E-state index in [1.807, 2.05) is 36.4 Å². The second-order valence-corrected chi connectivity index (χ2v) is 7.93. The Morgan fingerprint density at radius 3 is 2.44 bits per heavy atom. The number of amides is 2. The molecule has 0 radical (unpaired) electrons. The maximum Gasteiger partial charge on any atom is 0.255 e. The fraction of sp³-hybridized carbons (Fsp3) is 0.259. The number of ether oxygens (including phenoxy) is 2. The van der Waals surface area contributed by atoms with Crippen LogP contribution in [0, 0.1) is 6.92 Å². The number of hydrogen-bond acceptors (Lipinski definition) is 5. The van der Waals surface area contributed by atoms with Crippen molar-refractivity contribution in [3.8, 4) is 22.6 Å². The normalized spacial score (nSPS) is 10.5. The van der Waals surface area contributed by atoms with E-state index in [4.69, 9.17) is 15.2 Å². The Kier molecular flexibility index (Phi) is 9.05. The molecule has 0 fully saturated rings. The molecule has 0 aliphatic rings. The molecule has 0 spiro atoms. The van der Waals surface area contributed by atoms with Gasteiger partial charge in [0.2, 0.25) is 5.91 Å². The van der Waals surface area contributed by atoms with Crippen molar-refractivity contribution >= 4 is 11.8 Å². The van der Waals surface area contributed by atoms with E-state index in [1.54, 1.807) is 6.07 Å². The lowest BCUT2D eigenvalue weighted by atomic mass is 9.97. The van der Waals surface area contributed by atoms with Gasteiger partial charge in [-0.05, 0) is 35.2 Å². The molecule has 0 saturated carbocycles. The molecule has 0 aromatic heterocycles. The fourth-order valence-corrected chi connectivity index (χ4v) is 3.54. The Hall–Kier alpha value is -3.84. The molecule has 3 rings (SSSR count). The minimum absolute atomic E-state index is 0.0710. The van der Waals surface area contributed by atoms with Gasteiger partial charge in [-0.1, -0.05) is 54.6 Å². The Bertz CT molecular complexity index is 1120. The van der Waals surface area contributed by atoms with E-state index >= 15 is 0 Å². The van der Waals surface area contributed by atoms with E-state index in [2.05, 4.69) is 41.8 Å². The SMILES string of the molecule is CC(=O)NCCNCc1ccc(OCc2cccc(-c3ccccc3)c2C)cc1OCC(N)=O. The van der Waals surface area contributed by atoms with Crippen LogP contribution < -0.4 is 25.8 Å². The quantitative estimate of drug-likeness (QED) is 0.359. The highest BCUT2D eigenvalue weighted by Gasteiger charge is 2.10. The molecule has 178 valence electrons. The summed E-state index contributed by atoms with van der Waals surface area (Å²) in [6.07, 6.45) is 0. The first-order valence-corrected chi connectivity index (χ1v) is 11.2. The highest BCUT2D eigenvalue weighted by molar-refractivity contribution is 5.75. The predicted molar refractivity (Wildman–Crippen MR) is 132 cm³/mol. The lowest BCUT2D eigenvalue weighted by molar-refractivity contribution is -0.120. The van der Waals surface area contributed by atoms with Gasteiger partial charge in [-0.15, -0.1) is 0 Å². The van der Waals surface area contributed by atoms with Gasteiger partial charge in [0, 0.05) is 38.2 Å².